The van der Waals surface area contributed by atoms with Crippen LogP contribution < -0.4 is 0 Å². The van der Waals surface area contributed by atoms with Crippen LogP contribution in [0, 0.1) is 23.7 Å². The van der Waals surface area contributed by atoms with Gasteiger partial charge in [-0.25, -0.2) is 0 Å². The lowest BCUT2D eigenvalue weighted by Gasteiger charge is -2.56. The van der Waals surface area contributed by atoms with Gasteiger partial charge >= 0.3 is 0 Å². The van der Waals surface area contributed by atoms with E-state index in [4.69, 9.17) is 4.74 Å². The van der Waals surface area contributed by atoms with Gasteiger partial charge in [0.15, 0.2) is 0 Å². The molecule has 0 aromatic rings. The van der Waals surface area contributed by atoms with E-state index >= 15 is 0 Å². The quantitative estimate of drug-likeness (QED) is 0.847. The number of piperidine rings is 1. The van der Waals surface area contributed by atoms with E-state index in [-0.39, 0.29) is 11.7 Å². The minimum absolute atomic E-state index is 0.145. The van der Waals surface area contributed by atoms with Crippen molar-refractivity contribution in [3.8, 4) is 0 Å². The second-order valence-electron chi connectivity index (χ2n) is 9.05. The number of β-amino-alcohol motifs (C(OH)–C–C–N with tert-alkyl or cyclic N) is 1. The fourth-order valence-electron chi connectivity index (χ4n) is 6.08. The highest BCUT2D eigenvalue weighted by atomic mass is 16.5. The summed E-state index contributed by atoms with van der Waals surface area (Å²) in [7, 11) is 0. The van der Waals surface area contributed by atoms with Gasteiger partial charge in [0.25, 0.3) is 0 Å². The highest BCUT2D eigenvalue weighted by Crippen LogP contribution is 2.57. The number of nitrogens with zero attached hydrogens (tertiary/aromatic N) is 1. The Labute approximate surface area is 135 Å². The first kappa shape index (κ1) is 15.4. The van der Waals surface area contributed by atoms with Crippen LogP contribution in [0.4, 0.5) is 0 Å². The molecule has 1 aliphatic heterocycles. The van der Waals surface area contributed by atoms with Crippen molar-refractivity contribution in [2.45, 2.75) is 70.0 Å². The van der Waals surface area contributed by atoms with Crippen molar-refractivity contribution in [2.24, 2.45) is 23.7 Å². The molecule has 1 N–H and O–H groups in total. The molecule has 3 nitrogen and oxygen atoms in total. The highest BCUT2D eigenvalue weighted by molar-refractivity contribution is 5.03. The predicted octanol–water partition coefficient (Wildman–Crippen LogP) is 3.06. The zero-order valence-corrected chi connectivity index (χ0v) is 14.2. The normalized spacial score (nSPS) is 43.6. The maximum atomic E-state index is 10.4. The number of likely N-dealkylation sites (tertiary alicyclic amines) is 1. The van der Waals surface area contributed by atoms with Crippen molar-refractivity contribution >= 4 is 0 Å². The molecule has 126 valence electrons. The van der Waals surface area contributed by atoms with Crippen LogP contribution in [0.1, 0.15) is 58.3 Å². The van der Waals surface area contributed by atoms with Crippen LogP contribution >= 0.6 is 0 Å². The lowest BCUT2D eigenvalue weighted by atomic mass is 9.54. The molecule has 4 saturated carbocycles. The molecule has 4 bridgehead atoms. The monoisotopic (exact) mass is 307 g/mol. The van der Waals surface area contributed by atoms with Crippen LogP contribution in [0.3, 0.4) is 0 Å². The average molecular weight is 307 g/mol. The number of rotatable bonds is 5. The van der Waals surface area contributed by atoms with Gasteiger partial charge in [0.1, 0.15) is 0 Å². The van der Waals surface area contributed by atoms with E-state index in [0.717, 1.165) is 43.3 Å². The Balaban J connectivity index is 1.26. The molecule has 5 rings (SSSR count). The fourth-order valence-corrected chi connectivity index (χ4v) is 6.08. The van der Waals surface area contributed by atoms with Gasteiger partial charge in [0, 0.05) is 6.54 Å². The van der Waals surface area contributed by atoms with E-state index in [1.54, 1.807) is 0 Å². The molecule has 1 saturated heterocycles. The van der Waals surface area contributed by atoms with Crippen molar-refractivity contribution in [3.05, 3.63) is 0 Å². The van der Waals surface area contributed by atoms with Crippen LogP contribution in [0.2, 0.25) is 0 Å². The maximum Gasteiger partial charge on any atom is 0.0900 e. The van der Waals surface area contributed by atoms with Gasteiger partial charge in [-0.05, 0) is 88.1 Å². The molecule has 1 unspecified atom stereocenters. The van der Waals surface area contributed by atoms with E-state index in [2.05, 4.69) is 11.8 Å². The molecule has 5 fully saturated rings. The topological polar surface area (TPSA) is 32.7 Å². The molecule has 22 heavy (non-hydrogen) atoms. The van der Waals surface area contributed by atoms with E-state index in [9.17, 15) is 5.11 Å². The number of hydrogen-bond donors (Lipinski definition) is 1. The van der Waals surface area contributed by atoms with Crippen LogP contribution in [0.15, 0.2) is 0 Å². The first-order valence-electron chi connectivity index (χ1n) is 9.64. The average Bonchev–Trinajstić information content (AvgIpc) is 2.46. The SMILES string of the molecule is CC1CCN(CC(O)COC23CC4CC(CC(C4)C2)C3)CC1. The molecule has 0 spiro atoms. The summed E-state index contributed by atoms with van der Waals surface area (Å²) in [6.45, 7) is 5.99. The van der Waals surface area contributed by atoms with Gasteiger partial charge in [0.05, 0.1) is 18.3 Å². The summed E-state index contributed by atoms with van der Waals surface area (Å²) in [6, 6.07) is 0. The van der Waals surface area contributed by atoms with Crippen LogP contribution in [-0.4, -0.2) is 48.0 Å². The maximum absolute atomic E-state index is 10.4. The summed E-state index contributed by atoms with van der Waals surface area (Å²) in [5.41, 5.74) is 0.145. The van der Waals surface area contributed by atoms with E-state index in [1.165, 1.54) is 51.4 Å². The van der Waals surface area contributed by atoms with E-state index < -0.39 is 0 Å². The summed E-state index contributed by atoms with van der Waals surface area (Å²) in [6.07, 6.45) is 10.4. The summed E-state index contributed by atoms with van der Waals surface area (Å²) in [4.78, 5) is 2.42. The molecule has 0 aromatic heterocycles. The fraction of sp³-hybridized carbons (Fsp3) is 1.00. The minimum Gasteiger partial charge on any atom is -0.389 e. The molecule has 0 aromatic carbocycles. The summed E-state index contributed by atoms with van der Waals surface area (Å²) in [5, 5.41) is 10.4. The lowest BCUT2D eigenvalue weighted by Crippen LogP contribution is -2.53. The third-order valence-corrected chi connectivity index (χ3v) is 6.91. The Morgan fingerprint density at radius 3 is 2.14 bits per heavy atom. The molecular weight excluding hydrogens is 274 g/mol. The number of aliphatic hydroxyl groups is 1. The molecule has 0 radical (unpaired) electrons. The zero-order chi connectivity index (χ0) is 15.2. The Hall–Kier alpha value is -0.120. The number of aliphatic hydroxyl groups excluding tert-OH is 1. The number of ether oxygens (including phenoxy) is 1. The van der Waals surface area contributed by atoms with Crippen molar-refractivity contribution < 1.29 is 9.84 Å². The van der Waals surface area contributed by atoms with Gasteiger partial charge in [-0.1, -0.05) is 6.92 Å². The largest absolute Gasteiger partial charge is 0.389 e. The molecular formula is C19H33NO2. The van der Waals surface area contributed by atoms with Gasteiger partial charge < -0.3 is 14.7 Å². The first-order valence-corrected chi connectivity index (χ1v) is 9.64. The molecule has 5 aliphatic rings. The second kappa shape index (κ2) is 6.07. The molecule has 0 amide bonds. The third kappa shape index (κ3) is 3.22. The van der Waals surface area contributed by atoms with Gasteiger partial charge in [0.2, 0.25) is 0 Å². The summed E-state index contributed by atoms with van der Waals surface area (Å²) in [5.74, 6) is 3.63. The van der Waals surface area contributed by atoms with Crippen molar-refractivity contribution in [2.75, 3.05) is 26.2 Å². The lowest BCUT2D eigenvalue weighted by molar-refractivity contribution is -0.176. The first-order chi connectivity index (χ1) is 10.6. The van der Waals surface area contributed by atoms with E-state index in [1.807, 2.05) is 0 Å². The van der Waals surface area contributed by atoms with E-state index in [0.29, 0.717) is 6.61 Å². The van der Waals surface area contributed by atoms with Crippen LogP contribution in [0.5, 0.6) is 0 Å². The molecule has 4 aliphatic carbocycles. The van der Waals surface area contributed by atoms with Gasteiger partial charge in [-0.2, -0.15) is 0 Å². The van der Waals surface area contributed by atoms with Crippen molar-refractivity contribution in [1.29, 1.82) is 0 Å². The third-order valence-electron chi connectivity index (χ3n) is 6.91. The summed E-state index contributed by atoms with van der Waals surface area (Å²) < 4.78 is 6.39. The van der Waals surface area contributed by atoms with Crippen LogP contribution in [-0.2, 0) is 4.74 Å². The Morgan fingerprint density at radius 1 is 1.05 bits per heavy atom. The van der Waals surface area contributed by atoms with Crippen LogP contribution in [0.25, 0.3) is 0 Å². The predicted molar refractivity (Wildman–Crippen MR) is 87.7 cm³/mol. The second-order valence-corrected chi connectivity index (χ2v) is 9.05. The van der Waals surface area contributed by atoms with Gasteiger partial charge in [-0.3, -0.25) is 0 Å². The zero-order valence-electron chi connectivity index (χ0n) is 14.2. The Bertz CT molecular complexity index is 354. The van der Waals surface area contributed by atoms with Crippen molar-refractivity contribution in [3.63, 3.8) is 0 Å². The molecule has 1 atom stereocenters. The number of hydrogen-bond acceptors (Lipinski definition) is 3. The highest BCUT2D eigenvalue weighted by Gasteiger charge is 2.51. The van der Waals surface area contributed by atoms with Crippen molar-refractivity contribution in [1.82, 2.24) is 4.90 Å². The standard InChI is InChI=1S/C19H33NO2/c1-14-2-4-20(5-3-14)12-18(21)13-22-19-9-15-6-16(10-19)8-17(7-15)11-19/h14-18,21H,2-13H2,1H3. The Kier molecular flexibility index (Phi) is 4.25. The summed E-state index contributed by atoms with van der Waals surface area (Å²) >= 11 is 0. The molecule has 3 heteroatoms. The Morgan fingerprint density at radius 2 is 1.59 bits per heavy atom. The smallest absolute Gasteiger partial charge is 0.0900 e. The minimum atomic E-state index is -0.304. The van der Waals surface area contributed by atoms with Gasteiger partial charge in [-0.15, -0.1) is 0 Å². The molecule has 1 heterocycles.